The van der Waals surface area contributed by atoms with Crippen molar-refractivity contribution in [1.29, 1.82) is 0 Å². The highest BCUT2D eigenvalue weighted by Crippen LogP contribution is 2.08. The maximum absolute atomic E-state index is 11.6. The second-order valence-electron chi connectivity index (χ2n) is 10.4. The average Bonchev–Trinajstić information content (AvgIpc) is 3.01. The van der Waals surface area contributed by atoms with Crippen LogP contribution in [0.3, 0.4) is 0 Å². The summed E-state index contributed by atoms with van der Waals surface area (Å²) in [7, 11) is 0. The summed E-state index contributed by atoms with van der Waals surface area (Å²) in [4.78, 5) is 11.6. The molecule has 276 valence electrons. The van der Waals surface area contributed by atoms with Gasteiger partial charge >= 0.3 is 5.97 Å². The quantitative estimate of drug-likeness (QED) is 0.0392. The van der Waals surface area contributed by atoms with Gasteiger partial charge in [0, 0.05) is 4.43 Å². The van der Waals surface area contributed by atoms with E-state index in [1.165, 1.54) is 0 Å². The Morgan fingerprint density at radius 1 is 0.370 bits per heavy atom. The molecule has 0 saturated heterocycles. The summed E-state index contributed by atoms with van der Waals surface area (Å²) in [5.74, 6) is -0.264. The first kappa shape index (κ1) is 45.7. The van der Waals surface area contributed by atoms with Crippen molar-refractivity contribution in [2.24, 2.45) is 0 Å². The summed E-state index contributed by atoms with van der Waals surface area (Å²) in [6, 6.07) is 0. The van der Waals surface area contributed by atoms with Crippen LogP contribution in [-0.2, 0) is 66.4 Å². The molecule has 0 saturated carbocycles. The number of esters is 1. The lowest BCUT2D eigenvalue weighted by Crippen LogP contribution is -2.24. The van der Waals surface area contributed by atoms with Crippen LogP contribution in [0.2, 0.25) is 0 Å². The molecule has 0 spiro atoms. The van der Waals surface area contributed by atoms with Crippen molar-refractivity contribution < 1.29 is 66.4 Å². The molecule has 0 radical (unpaired) electrons. The Morgan fingerprint density at radius 3 is 0.761 bits per heavy atom. The molecule has 0 atom stereocenters. The van der Waals surface area contributed by atoms with Crippen LogP contribution in [0.25, 0.3) is 0 Å². The molecule has 0 aromatic heterocycles. The summed E-state index contributed by atoms with van der Waals surface area (Å²) in [5, 5.41) is 0. The minimum absolute atomic E-state index is 0.232. The molecule has 0 rings (SSSR count). The second-order valence-corrected chi connectivity index (χ2v) is 11.5. The zero-order valence-corrected chi connectivity index (χ0v) is 30.6. The van der Waals surface area contributed by atoms with Gasteiger partial charge in [-0.2, -0.15) is 0 Å². The zero-order valence-electron chi connectivity index (χ0n) is 28.5. The number of hydrogen-bond donors (Lipinski definition) is 0. The predicted octanol–water partition coefficient (Wildman–Crippen LogP) is 2.35. The average molecular weight is 785 g/mol. The third-order valence-corrected chi connectivity index (χ3v) is 5.62. The van der Waals surface area contributed by atoms with Crippen molar-refractivity contribution >= 4 is 28.6 Å². The van der Waals surface area contributed by atoms with Gasteiger partial charge < -0.3 is 61.6 Å². The molecule has 0 amide bonds. The topological polar surface area (TPSA) is 137 Å². The fourth-order valence-electron chi connectivity index (χ4n) is 3.12. The summed E-state index contributed by atoms with van der Waals surface area (Å²) in [5.41, 5.74) is -0.473. The van der Waals surface area contributed by atoms with Crippen molar-refractivity contribution in [3.05, 3.63) is 0 Å². The summed E-state index contributed by atoms with van der Waals surface area (Å²) in [6.45, 7) is 17.8. The Bertz CT molecular complexity index is 612. The molecule has 0 aliphatic carbocycles. The van der Waals surface area contributed by atoms with Crippen molar-refractivity contribution in [3.63, 3.8) is 0 Å². The van der Waals surface area contributed by atoms with Crippen molar-refractivity contribution in [3.8, 4) is 0 Å². The van der Waals surface area contributed by atoms with Gasteiger partial charge in [0.2, 0.25) is 0 Å². The molecular formula is C31H61IO14. The summed E-state index contributed by atoms with van der Waals surface area (Å²) in [6.07, 6.45) is 0.232. The molecule has 0 aromatic carbocycles. The smallest absolute Gasteiger partial charge is 0.308 e. The Labute approximate surface area is 290 Å². The fourth-order valence-corrected chi connectivity index (χ4v) is 3.44. The van der Waals surface area contributed by atoms with E-state index in [9.17, 15) is 4.79 Å². The van der Waals surface area contributed by atoms with E-state index < -0.39 is 5.60 Å². The Kier molecular flexibility index (Phi) is 37.3. The molecule has 0 heterocycles. The third-order valence-electron chi connectivity index (χ3n) is 5.18. The van der Waals surface area contributed by atoms with Crippen LogP contribution in [-0.4, -0.2) is 175 Å². The number of alkyl halides is 1. The van der Waals surface area contributed by atoms with E-state index in [1.54, 1.807) is 0 Å². The van der Waals surface area contributed by atoms with Gasteiger partial charge in [-0.3, -0.25) is 4.79 Å². The van der Waals surface area contributed by atoms with E-state index in [1.807, 2.05) is 20.8 Å². The van der Waals surface area contributed by atoms with Gasteiger partial charge in [-0.25, -0.2) is 0 Å². The van der Waals surface area contributed by atoms with Crippen LogP contribution in [0.4, 0.5) is 0 Å². The molecule has 46 heavy (non-hydrogen) atoms. The minimum atomic E-state index is -0.473. The largest absolute Gasteiger partial charge is 0.460 e. The molecule has 0 fully saturated rings. The van der Waals surface area contributed by atoms with Crippen LogP contribution in [0.15, 0.2) is 0 Å². The lowest BCUT2D eigenvalue weighted by molar-refractivity contribution is -0.156. The molecular weight excluding hydrogens is 723 g/mol. The normalized spacial score (nSPS) is 11.8. The van der Waals surface area contributed by atoms with Gasteiger partial charge in [-0.1, -0.05) is 22.6 Å². The van der Waals surface area contributed by atoms with E-state index in [0.717, 1.165) is 11.0 Å². The van der Waals surface area contributed by atoms with Crippen LogP contribution in [0.1, 0.15) is 27.2 Å². The van der Waals surface area contributed by atoms with E-state index in [-0.39, 0.29) is 12.4 Å². The summed E-state index contributed by atoms with van der Waals surface area (Å²) < 4.78 is 71.4. The van der Waals surface area contributed by atoms with Gasteiger partial charge in [0.05, 0.1) is 165 Å². The van der Waals surface area contributed by atoms with Gasteiger partial charge in [0.25, 0.3) is 0 Å². The van der Waals surface area contributed by atoms with Crippen LogP contribution >= 0.6 is 22.6 Å². The lowest BCUT2D eigenvalue weighted by Gasteiger charge is -2.19. The van der Waals surface area contributed by atoms with Crippen LogP contribution in [0, 0.1) is 0 Å². The van der Waals surface area contributed by atoms with E-state index in [4.69, 9.17) is 61.6 Å². The highest BCUT2D eigenvalue weighted by molar-refractivity contribution is 14.1. The van der Waals surface area contributed by atoms with Gasteiger partial charge in [0.15, 0.2) is 0 Å². The molecule has 0 N–H and O–H groups in total. The zero-order chi connectivity index (χ0) is 33.7. The van der Waals surface area contributed by atoms with Crippen molar-refractivity contribution in [2.45, 2.75) is 32.8 Å². The van der Waals surface area contributed by atoms with E-state index >= 15 is 0 Å². The summed E-state index contributed by atoms with van der Waals surface area (Å²) >= 11 is 2.28. The van der Waals surface area contributed by atoms with E-state index in [0.29, 0.717) is 152 Å². The second kappa shape index (κ2) is 37.5. The first-order valence-corrected chi connectivity index (χ1v) is 17.7. The maximum Gasteiger partial charge on any atom is 0.308 e. The number of carbonyl (C=O) groups excluding carboxylic acids is 1. The predicted molar refractivity (Wildman–Crippen MR) is 179 cm³/mol. The lowest BCUT2D eigenvalue weighted by atomic mass is 10.2. The van der Waals surface area contributed by atoms with Crippen molar-refractivity contribution in [1.82, 2.24) is 0 Å². The fraction of sp³-hybridized carbons (Fsp3) is 0.968. The SMILES string of the molecule is CC(C)(C)OC(=O)CCOCCOCCOCCOCCOCCOCCOCCOCCOCCOCCOCCOCCI. The molecule has 14 nitrogen and oxygen atoms in total. The molecule has 0 bridgehead atoms. The standard InChI is InChI=1S/C31H61IO14/c1-31(2,3)46-30(33)4-6-34-8-10-36-12-14-38-16-18-40-20-22-42-24-26-44-28-29-45-27-25-43-23-21-41-19-17-39-15-13-37-11-9-35-7-5-32/h4-29H2,1-3H3. The molecule has 0 aromatic rings. The van der Waals surface area contributed by atoms with E-state index in [2.05, 4.69) is 22.6 Å². The number of hydrogen-bond acceptors (Lipinski definition) is 14. The molecule has 15 heteroatoms. The Balaban J connectivity index is 3.09. The van der Waals surface area contributed by atoms with Crippen LogP contribution < -0.4 is 0 Å². The molecule has 0 aliphatic heterocycles. The first-order chi connectivity index (χ1) is 22.5. The number of halogens is 1. The Morgan fingerprint density at radius 2 is 0.565 bits per heavy atom. The highest BCUT2D eigenvalue weighted by atomic mass is 127. The first-order valence-electron chi connectivity index (χ1n) is 16.2. The van der Waals surface area contributed by atoms with Crippen LogP contribution in [0.5, 0.6) is 0 Å². The third kappa shape index (κ3) is 41.7. The highest BCUT2D eigenvalue weighted by Gasteiger charge is 2.15. The Hall–Kier alpha value is -0.280. The van der Waals surface area contributed by atoms with Gasteiger partial charge in [0.1, 0.15) is 5.60 Å². The van der Waals surface area contributed by atoms with Gasteiger partial charge in [-0.15, -0.1) is 0 Å². The van der Waals surface area contributed by atoms with Gasteiger partial charge in [-0.05, 0) is 20.8 Å². The monoisotopic (exact) mass is 784 g/mol. The molecule has 0 aliphatic rings. The number of ether oxygens (including phenoxy) is 13. The maximum atomic E-state index is 11.6. The molecule has 0 unspecified atom stereocenters. The number of carbonyl (C=O) groups is 1. The number of rotatable bonds is 38. The van der Waals surface area contributed by atoms with Crippen molar-refractivity contribution in [2.75, 3.05) is 163 Å². The minimum Gasteiger partial charge on any atom is -0.460 e.